The molecule has 0 fully saturated rings. The number of ether oxygens (including phenoxy) is 1. The third kappa shape index (κ3) is 4.48. The Balaban J connectivity index is 1.35. The second-order valence-electron chi connectivity index (χ2n) is 7.57. The highest BCUT2D eigenvalue weighted by atomic mass is 32.1. The van der Waals surface area contributed by atoms with E-state index >= 15 is 0 Å². The molecule has 34 heavy (non-hydrogen) atoms. The van der Waals surface area contributed by atoms with E-state index in [-0.39, 0.29) is 0 Å². The molecule has 0 radical (unpaired) electrons. The molecule has 0 unspecified atom stereocenters. The molecule has 5 rings (SSSR count). The number of allylic oxidation sites excluding steroid dienone is 1. The molecule has 9 heteroatoms. The van der Waals surface area contributed by atoms with Gasteiger partial charge in [0.15, 0.2) is 6.61 Å². The van der Waals surface area contributed by atoms with Crippen molar-refractivity contribution in [1.82, 2.24) is 15.8 Å². The number of carbonyl (C=O) groups excluding carboxylic acids is 3. The zero-order valence-corrected chi connectivity index (χ0v) is 19.5. The Morgan fingerprint density at radius 3 is 2.59 bits per heavy atom. The van der Waals surface area contributed by atoms with Gasteiger partial charge in [0.2, 0.25) is 0 Å². The summed E-state index contributed by atoms with van der Waals surface area (Å²) in [7, 11) is 0. The molecule has 0 saturated carbocycles. The van der Waals surface area contributed by atoms with Crippen LogP contribution < -0.4 is 10.9 Å². The molecule has 1 aliphatic carbocycles. The lowest BCUT2D eigenvalue weighted by molar-refractivity contribution is -0.125. The van der Waals surface area contributed by atoms with E-state index in [0.29, 0.717) is 27.8 Å². The van der Waals surface area contributed by atoms with Gasteiger partial charge in [0.1, 0.15) is 0 Å². The van der Waals surface area contributed by atoms with E-state index in [2.05, 4.69) is 16.9 Å². The van der Waals surface area contributed by atoms with Crippen molar-refractivity contribution >= 4 is 63.0 Å². The molecule has 0 aliphatic heterocycles. The maximum Gasteiger partial charge on any atom is 0.339 e. The smallest absolute Gasteiger partial charge is 0.339 e. The number of thiophene rings is 2. The summed E-state index contributed by atoms with van der Waals surface area (Å²) in [6.07, 6.45) is 3.54. The predicted molar refractivity (Wildman–Crippen MR) is 132 cm³/mol. The minimum atomic E-state index is -0.633. The molecule has 3 aromatic heterocycles. The summed E-state index contributed by atoms with van der Waals surface area (Å²) in [6, 6.07) is 14.8. The average molecular weight is 490 g/mol. The normalized spacial score (nSPS) is 13.6. The lowest BCUT2D eigenvalue weighted by atomic mass is 10.0. The van der Waals surface area contributed by atoms with Crippen LogP contribution in [-0.2, 0) is 16.0 Å². The van der Waals surface area contributed by atoms with Crippen LogP contribution >= 0.6 is 22.7 Å². The van der Waals surface area contributed by atoms with Gasteiger partial charge in [0.25, 0.3) is 11.8 Å². The van der Waals surface area contributed by atoms with Gasteiger partial charge >= 0.3 is 5.97 Å². The minimum absolute atomic E-state index is 0.433. The fraction of sp³-hybridized carbons (Fsp3) is 0.120. The van der Waals surface area contributed by atoms with Crippen LogP contribution in [0.1, 0.15) is 42.6 Å². The second kappa shape index (κ2) is 9.58. The minimum Gasteiger partial charge on any atom is -0.452 e. The largest absolute Gasteiger partial charge is 0.452 e. The predicted octanol–water partition coefficient (Wildman–Crippen LogP) is 4.46. The SMILES string of the molecule is O=C(COC(=O)c1c2c(nc3ccccc13)C(=Cc1cccs1)CC2)NNC(=O)c1cccs1. The van der Waals surface area contributed by atoms with Crippen LogP contribution in [0.5, 0.6) is 0 Å². The number of hydrazine groups is 1. The van der Waals surface area contributed by atoms with Gasteiger partial charge in [-0.2, -0.15) is 0 Å². The maximum atomic E-state index is 13.1. The van der Waals surface area contributed by atoms with Crippen molar-refractivity contribution in [3.8, 4) is 0 Å². The van der Waals surface area contributed by atoms with Crippen LogP contribution in [0, 0.1) is 0 Å². The molecule has 0 bridgehead atoms. The molecule has 0 saturated heterocycles. The number of benzene rings is 1. The molecule has 1 aliphatic rings. The van der Waals surface area contributed by atoms with Crippen molar-refractivity contribution < 1.29 is 19.1 Å². The van der Waals surface area contributed by atoms with E-state index in [0.717, 1.165) is 28.1 Å². The quantitative estimate of drug-likeness (QED) is 0.319. The number of nitrogens with zero attached hydrogens (tertiary/aromatic N) is 1. The molecule has 3 heterocycles. The van der Waals surface area contributed by atoms with Gasteiger partial charge in [0.05, 0.1) is 21.7 Å². The number of rotatable bonds is 5. The number of amides is 2. The lowest BCUT2D eigenvalue weighted by Gasteiger charge is -2.12. The Kier molecular flexibility index (Phi) is 6.20. The molecule has 4 aromatic rings. The molecule has 7 nitrogen and oxygen atoms in total. The Bertz CT molecular complexity index is 1410. The van der Waals surface area contributed by atoms with Crippen molar-refractivity contribution in [3.63, 3.8) is 0 Å². The summed E-state index contributed by atoms with van der Waals surface area (Å²) in [5.41, 5.74) is 8.41. The lowest BCUT2D eigenvalue weighted by Crippen LogP contribution is -2.43. The van der Waals surface area contributed by atoms with Crippen molar-refractivity contribution in [2.75, 3.05) is 6.61 Å². The Morgan fingerprint density at radius 2 is 1.79 bits per heavy atom. The Labute approximate surface area is 203 Å². The van der Waals surface area contributed by atoms with Gasteiger partial charge in [-0.05, 0) is 59.0 Å². The summed E-state index contributed by atoms with van der Waals surface area (Å²) in [5.74, 6) is -1.66. The molecule has 0 atom stereocenters. The third-order valence-corrected chi connectivity index (χ3v) is 7.09. The van der Waals surface area contributed by atoms with Crippen molar-refractivity contribution in [3.05, 3.63) is 85.9 Å². The second-order valence-corrected chi connectivity index (χ2v) is 9.50. The highest BCUT2D eigenvalue weighted by Crippen LogP contribution is 2.38. The Morgan fingerprint density at radius 1 is 0.971 bits per heavy atom. The number of pyridine rings is 1. The van der Waals surface area contributed by atoms with Crippen molar-refractivity contribution in [1.29, 1.82) is 0 Å². The van der Waals surface area contributed by atoms with Gasteiger partial charge in [-0.3, -0.25) is 20.4 Å². The average Bonchev–Trinajstić information content (AvgIpc) is 3.63. The van der Waals surface area contributed by atoms with Crippen molar-refractivity contribution in [2.45, 2.75) is 12.8 Å². The maximum absolute atomic E-state index is 13.1. The number of para-hydroxylation sites is 1. The number of fused-ring (bicyclic) bond motifs is 2. The van der Waals surface area contributed by atoms with Gasteiger partial charge in [-0.15, -0.1) is 22.7 Å². The zero-order chi connectivity index (χ0) is 23.5. The molecule has 170 valence electrons. The standard InChI is InChI=1S/C25H19N3O4S2/c29-21(27-28-24(30)20-8-4-12-34-20)14-32-25(31)22-17-6-1-2-7-19(17)26-23-15(9-10-18(22)23)13-16-5-3-11-33-16/h1-8,11-13H,9-10,14H2,(H,27,29)(H,28,30). The van der Waals surface area contributed by atoms with Gasteiger partial charge in [0, 0.05) is 10.3 Å². The monoisotopic (exact) mass is 489 g/mol. The summed E-state index contributed by atoms with van der Waals surface area (Å²) < 4.78 is 5.34. The van der Waals surface area contributed by atoms with Gasteiger partial charge in [-0.1, -0.05) is 30.3 Å². The highest BCUT2D eigenvalue weighted by molar-refractivity contribution is 7.12. The van der Waals surface area contributed by atoms with E-state index < -0.39 is 24.4 Å². The van der Waals surface area contributed by atoms with Crippen LogP contribution in [0.25, 0.3) is 22.6 Å². The Hall–Kier alpha value is -3.82. The number of nitrogens with one attached hydrogen (secondary N) is 2. The summed E-state index contributed by atoms with van der Waals surface area (Å²) in [6.45, 7) is -0.521. The van der Waals surface area contributed by atoms with Crippen molar-refractivity contribution in [2.24, 2.45) is 0 Å². The van der Waals surface area contributed by atoms with Gasteiger partial charge < -0.3 is 4.74 Å². The van der Waals surface area contributed by atoms with E-state index in [1.54, 1.807) is 28.8 Å². The van der Waals surface area contributed by atoms with Gasteiger partial charge in [-0.25, -0.2) is 9.78 Å². The van der Waals surface area contributed by atoms with E-state index in [1.807, 2.05) is 41.8 Å². The summed E-state index contributed by atoms with van der Waals surface area (Å²) in [4.78, 5) is 43.7. The van der Waals surface area contributed by atoms with Crippen LogP contribution in [0.15, 0.2) is 59.3 Å². The number of hydrogen-bond acceptors (Lipinski definition) is 7. The molecule has 1 aromatic carbocycles. The molecule has 2 N–H and O–H groups in total. The number of carbonyl (C=O) groups is 3. The van der Waals surface area contributed by atoms with Crippen LogP contribution in [0.3, 0.4) is 0 Å². The third-order valence-electron chi connectivity index (χ3n) is 5.40. The molecule has 0 spiro atoms. The topological polar surface area (TPSA) is 97.4 Å². The molecule has 2 amide bonds. The highest BCUT2D eigenvalue weighted by Gasteiger charge is 2.28. The number of hydrogen-bond donors (Lipinski definition) is 2. The molecular formula is C25H19N3O4S2. The van der Waals surface area contributed by atoms with E-state index in [9.17, 15) is 14.4 Å². The van der Waals surface area contributed by atoms with Crippen LogP contribution in [-0.4, -0.2) is 29.4 Å². The fourth-order valence-electron chi connectivity index (χ4n) is 3.89. The fourth-order valence-corrected chi connectivity index (χ4v) is 5.19. The molecular weight excluding hydrogens is 470 g/mol. The van der Waals surface area contributed by atoms with Crippen LogP contribution in [0.2, 0.25) is 0 Å². The van der Waals surface area contributed by atoms with E-state index in [4.69, 9.17) is 9.72 Å². The summed E-state index contributed by atoms with van der Waals surface area (Å²) >= 11 is 2.90. The first-order chi connectivity index (χ1) is 16.6. The first-order valence-corrected chi connectivity index (χ1v) is 12.3. The zero-order valence-electron chi connectivity index (χ0n) is 17.9. The van der Waals surface area contributed by atoms with Crippen LogP contribution in [0.4, 0.5) is 0 Å². The first-order valence-electron chi connectivity index (χ1n) is 10.6. The van der Waals surface area contributed by atoms with E-state index in [1.165, 1.54) is 11.3 Å². The first kappa shape index (κ1) is 22.0. The summed E-state index contributed by atoms with van der Waals surface area (Å²) in [5, 5.41) is 4.47. The number of esters is 1. The number of aromatic nitrogens is 1.